The molecule has 84 valence electrons. The molecule has 4 nitrogen and oxygen atoms in total. The van der Waals surface area contributed by atoms with Crippen LogP contribution >= 0.6 is 0 Å². The summed E-state index contributed by atoms with van der Waals surface area (Å²) < 4.78 is 41.7. The van der Waals surface area contributed by atoms with E-state index in [2.05, 4.69) is 0 Å². The molecule has 2 heterocycles. The van der Waals surface area contributed by atoms with Gasteiger partial charge in [-0.2, -0.15) is 0 Å². The highest BCUT2D eigenvalue weighted by atomic mass is 19.2. The lowest BCUT2D eigenvalue weighted by Gasteiger charge is -2.69. The van der Waals surface area contributed by atoms with E-state index in [1.165, 1.54) is 0 Å². The Morgan fingerprint density at radius 1 is 1.27 bits per heavy atom. The Hall–Kier alpha value is -0.820. The summed E-state index contributed by atoms with van der Waals surface area (Å²) in [6, 6.07) is 0. The van der Waals surface area contributed by atoms with Gasteiger partial charge in [-0.05, 0) is 6.42 Å². The van der Waals surface area contributed by atoms with Gasteiger partial charge >= 0.3 is 0 Å². The van der Waals surface area contributed by atoms with Crippen molar-refractivity contribution < 1.29 is 28.2 Å². The predicted octanol–water partition coefficient (Wildman–Crippen LogP) is -0.697. The monoisotopic (exact) mass is 223 g/mol. The number of hydrogen-bond donors (Lipinski definition) is 3. The summed E-state index contributed by atoms with van der Waals surface area (Å²) in [6.07, 6.45) is -1.20. The SMILES string of the molecule is O=C1NC2(F)C3CC1(F)C(O)(O)C2(F)C3. The molecule has 4 unspecified atom stereocenters. The molecular formula is C8H8F3NO3. The van der Waals surface area contributed by atoms with Crippen molar-refractivity contribution in [3.8, 4) is 0 Å². The van der Waals surface area contributed by atoms with Crippen LogP contribution in [-0.4, -0.2) is 39.0 Å². The maximum atomic E-state index is 13.9. The van der Waals surface area contributed by atoms with Crippen LogP contribution in [0, 0.1) is 5.92 Å². The largest absolute Gasteiger partial charge is 0.360 e. The summed E-state index contributed by atoms with van der Waals surface area (Å²) in [6.45, 7) is 0. The summed E-state index contributed by atoms with van der Waals surface area (Å²) in [7, 11) is 0. The molecular weight excluding hydrogens is 215 g/mol. The first-order valence-electron chi connectivity index (χ1n) is 4.53. The van der Waals surface area contributed by atoms with E-state index in [1.54, 1.807) is 5.32 Å². The van der Waals surface area contributed by atoms with E-state index in [0.29, 0.717) is 0 Å². The Kier molecular flexibility index (Phi) is 1.18. The second-order valence-electron chi connectivity index (χ2n) is 4.55. The number of carbonyl (C=O) groups is 1. The molecule has 0 aromatic carbocycles. The zero-order valence-corrected chi connectivity index (χ0v) is 7.43. The van der Waals surface area contributed by atoms with Gasteiger partial charge in [0.1, 0.15) is 0 Å². The number of alkyl halides is 3. The first-order chi connectivity index (χ1) is 6.69. The molecule has 0 aromatic heterocycles. The second kappa shape index (κ2) is 1.89. The van der Waals surface area contributed by atoms with Crippen molar-refractivity contribution in [3.05, 3.63) is 0 Å². The van der Waals surface area contributed by atoms with E-state index in [0.717, 1.165) is 0 Å². The Labute approximate surface area is 82.1 Å². The molecule has 5 fully saturated rings. The minimum Gasteiger partial charge on any atom is -0.360 e. The van der Waals surface area contributed by atoms with Gasteiger partial charge in [-0.15, -0.1) is 0 Å². The van der Waals surface area contributed by atoms with Gasteiger partial charge in [0.05, 0.1) is 0 Å². The Balaban J connectivity index is 2.23. The third-order valence-electron chi connectivity index (χ3n) is 3.96. The minimum atomic E-state index is -3.59. The maximum Gasteiger partial charge on any atom is 0.266 e. The second-order valence-corrected chi connectivity index (χ2v) is 4.55. The highest BCUT2D eigenvalue weighted by Crippen LogP contribution is 2.69. The van der Waals surface area contributed by atoms with Gasteiger partial charge < -0.3 is 15.5 Å². The van der Waals surface area contributed by atoms with Gasteiger partial charge in [0.2, 0.25) is 22.9 Å². The van der Waals surface area contributed by atoms with E-state index >= 15 is 0 Å². The fourth-order valence-corrected chi connectivity index (χ4v) is 2.94. The number of hydrogen-bond acceptors (Lipinski definition) is 3. The van der Waals surface area contributed by atoms with Crippen LogP contribution in [0.5, 0.6) is 0 Å². The molecule has 5 aliphatic rings. The number of amides is 1. The van der Waals surface area contributed by atoms with Gasteiger partial charge in [-0.3, -0.25) is 4.79 Å². The van der Waals surface area contributed by atoms with Gasteiger partial charge in [0.25, 0.3) is 5.91 Å². The topological polar surface area (TPSA) is 69.6 Å². The number of piperidine rings is 2. The molecule has 0 spiro atoms. The standard InChI is InChI=1S/C8H8F3NO3/c9-5-1-3-2-6(10,8(5,14)15)7(3,11)12-4(5)13/h3,14-15H,1-2H2,(H,12,13). The van der Waals surface area contributed by atoms with E-state index in [4.69, 9.17) is 0 Å². The molecule has 7 heteroatoms. The fourth-order valence-electron chi connectivity index (χ4n) is 2.94. The maximum absolute atomic E-state index is 13.9. The Morgan fingerprint density at radius 3 is 2.47 bits per heavy atom. The average molecular weight is 223 g/mol. The molecule has 2 aliphatic heterocycles. The van der Waals surface area contributed by atoms with Crippen LogP contribution in [0.25, 0.3) is 0 Å². The zero-order chi connectivity index (χ0) is 11.3. The lowest BCUT2D eigenvalue weighted by Crippen LogP contribution is -2.95. The lowest BCUT2D eigenvalue weighted by molar-refractivity contribution is -0.427. The van der Waals surface area contributed by atoms with Crippen molar-refractivity contribution in [1.82, 2.24) is 5.32 Å². The quantitative estimate of drug-likeness (QED) is 0.376. The van der Waals surface area contributed by atoms with Crippen molar-refractivity contribution in [2.45, 2.75) is 35.8 Å². The first kappa shape index (κ1) is 9.41. The molecule has 1 amide bonds. The summed E-state index contributed by atoms with van der Waals surface area (Å²) in [5, 5.41) is 20.2. The summed E-state index contributed by atoms with van der Waals surface area (Å²) >= 11 is 0. The van der Waals surface area contributed by atoms with Crippen LogP contribution in [0.3, 0.4) is 0 Å². The Bertz CT molecular complexity index is 389. The first-order valence-corrected chi connectivity index (χ1v) is 4.53. The fraction of sp³-hybridized carbons (Fsp3) is 0.875. The number of aliphatic hydroxyl groups is 2. The van der Waals surface area contributed by atoms with E-state index in [9.17, 15) is 28.2 Å². The van der Waals surface area contributed by atoms with E-state index in [-0.39, 0.29) is 0 Å². The molecule has 5 rings (SSSR count). The minimum absolute atomic E-state index is 0.498. The third kappa shape index (κ3) is 0.583. The number of halogens is 3. The lowest BCUT2D eigenvalue weighted by atomic mass is 9.47. The highest BCUT2D eigenvalue weighted by Gasteiger charge is 2.92. The van der Waals surface area contributed by atoms with E-state index < -0.39 is 47.6 Å². The zero-order valence-electron chi connectivity index (χ0n) is 7.43. The molecule has 3 saturated carbocycles. The molecule has 3 N–H and O–H groups in total. The third-order valence-corrected chi connectivity index (χ3v) is 3.96. The molecule has 0 aromatic rings. The van der Waals surface area contributed by atoms with Crippen molar-refractivity contribution >= 4 is 5.91 Å². The van der Waals surface area contributed by atoms with Crippen molar-refractivity contribution in [1.29, 1.82) is 0 Å². The molecule has 4 atom stereocenters. The Morgan fingerprint density at radius 2 is 1.87 bits per heavy atom. The van der Waals surface area contributed by atoms with Crippen LogP contribution in [0.1, 0.15) is 12.8 Å². The molecule has 2 saturated heterocycles. The van der Waals surface area contributed by atoms with Crippen LogP contribution < -0.4 is 5.32 Å². The van der Waals surface area contributed by atoms with Crippen LogP contribution in [0.4, 0.5) is 13.2 Å². The smallest absolute Gasteiger partial charge is 0.266 e. The van der Waals surface area contributed by atoms with E-state index in [1.807, 2.05) is 0 Å². The average Bonchev–Trinajstić information content (AvgIpc) is 2.11. The normalized spacial score (nSPS) is 59.8. The number of nitrogens with one attached hydrogen (secondary N) is 1. The van der Waals surface area contributed by atoms with Crippen LogP contribution in [-0.2, 0) is 4.79 Å². The predicted molar refractivity (Wildman–Crippen MR) is 39.6 cm³/mol. The van der Waals surface area contributed by atoms with Crippen molar-refractivity contribution in [3.63, 3.8) is 0 Å². The van der Waals surface area contributed by atoms with Crippen molar-refractivity contribution in [2.75, 3.05) is 0 Å². The molecule has 3 aliphatic carbocycles. The summed E-state index contributed by atoms with van der Waals surface area (Å²) in [4.78, 5) is 11.1. The van der Waals surface area contributed by atoms with Gasteiger partial charge in [0.15, 0.2) is 0 Å². The summed E-state index contributed by atoms with van der Waals surface area (Å²) in [5.41, 5.74) is -6.30. The molecule has 15 heavy (non-hydrogen) atoms. The van der Waals surface area contributed by atoms with Gasteiger partial charge in [-0.1, -0.05) is 0 Å². The van der Waals surface area contributed by atoms with Gasteiger partial charge in [-0.25, -0.2) is 13.2 Å². The van der Waals surface area contributed by atoms with Crippen LogP contribution in [0.15, 0.2) is 0 Å². The van der Waals surface area contributed by atoms with Crippen molar-refractivity contribution in [2.24, 2.45) is 5.92 Å². The van der Waals surface area contributed by atoms with Crippen LogP contribution in [0.2, 0.25) is 0 Å². The summed E-state index contributed by atoms with van der Waals surface area (Å²) in [5.74, 6) is -8.97. The molecule has 4 bridgehead atoms. The highest BCUT2D eigenvalue weighted by molar-refractivity contribution is 5.91. The van der Waals surface area contributed by atoms with Gasteiger partial charge in [0, 0.05) is 12.3 Å². The number of rotatable bonds is 0. The number of fused-ring (bicyclic) bond motifs is 1. The number of carbonyl (C=O) groups excluding carboxylic acids is 1. The molecule has 0 radical (unpaired) electrons.